The van der Waals surface area contributed by atoms with Crippen molar-refractivity contribution in [2.24, 2.45) is 0 Å². The molecule has 0 aliphatic rings. The number of benzene rings is 1. The molecule has 0 amide bonds. The van der Waals surface area contributed by atoms with E-state index >= 15 is 0 Å². The van der Waals surface area contributed by atoms with Crippen LogP contribution in [-0.2, 0) is 0 Å². The molecule has 0 aromatic heterocycles. The summed E-state index contributed by atoms with van der Waals surface area (Å²) in [6.07, 6.45) is 8.15. The number of halogens is 1. The van der Waals surface area contributed by atoms with Gasteiger partial charge in [0.15, 0.2) is 0 Å². The standard InChI is InChI=1S/C18H30FNO/c1-4-6-7-8-9-12-16(20-14-5-2)18-15(19)11-10-13-17(18)21-3/h10-11,13,16,20H,4-9,12,14H2,1-3H3. The maximum absolute atomic E-state index is 14.2. The summed E-state index contributed by atoms with van der Waals surface area (Å²) in [4.78, 5) is 0. The lowest BCUT2D eigenvalue weighted by atomic mass is 9.98. The van der Waals surface area contributed by atoms with Gasteiger partial charge in [0.25, 0.3) is 0 Å². The molecule has 1 rings (SSSR count). The number of rotatable bonds is 11. The van der Waals surface area contributed by atoms with E-state index in [1.54, 1.807) is 13.2 Å². The fourth-order valence-corrected chi connectivity index (χ4v) is 2.65. The predicted octanol–water partition coefficient (Wildman–Crippen LogP) is 5.24. The van der Waals surface area contributed by atoms with Crippen LogP contribution in [0.3, 0.4) is 0 Å². The molecule has 2 nitrogen and oxygen atoms in total. The van der Waals surface area contributed by atoms with E-state index in [1.165, 1.54) is 31.7 Å². The highest BCUT2D eigenvalue weighted by Gasteiger charge is 2.19. The molecule has 0 heterocycles. The van der Waals surface area contributed by atoms with Gasteiger partial charge >= 0.3 is 0 Å². The summed E-state index contributed by atoms with van der Waals surface area (Å²) in [5.74, 6) is 0.480. The largest absolute Gasteiger partial charge is 0.496 e. The molecule has 0 saturated carbocycles. The Labute approximate surface area is 129 Å². The number of ether oxygens (including phenoxy) is 1. The van der Waals surface area contributed by atoms with Crippen molar-refractivity contribution in [2.75, 3.05) is 13.7 Å². The highest BCUT2D eigenvalue weighted by atomic mass is 19.1. The molecule has 0 radical (unpaired) electrons. The van der Waals surface area contributed by atoms with E-state index in [2.05, 4.69) is 19.2 Å². The third-order valence-corrected chi connectivity index (χ3v) is 3.82. The molecule has 0 saturated heterocycles. The van der Waals surface area contributed by atoms with Gasteiger partial charge in [-0.2, -0.15) is 0 Å². The monoisotopic (exact) mass is 295 g/mol. The molecular weight excluding hydrogens is 265 g/mol. The van der Waals surface area contributed by atoms with Crippen LogP contribution in [0.4, 0.5) is 4.39 Å². The fourth-order valence-electron chi connectivity index (χ4n) is 2.65. The van der Waals surface area contributed by atoms with Gasteiger partial charge < -0.3 is 10.1 Å². The van der Waals surface area contributed by atoms with Crippen LogP contribution in [0.15, 0.2) is 18.2 Å². The van der Waals surface area contributed by atoms with E-state index in [4.69, 9.17) is 4.74 Å². The van der Waals surface area contributed by atoms with Crippen molar-refractivity contribution in [3.05, 3.63) is 29.6 Å². The SMILES string of the molecule is CCCCCCCC(NCCC)c1c(F)cccc1OC. The van der Waals surface area contributed by atoms with Crippen molar-refractivity contribution in [3.8, 4) is 5.75 Å². The Morgan fingerprint density at radius 1 is 1.10 bits per heavy atom. The van der Waals surface area contributed by atoms with Crippen molar-refractivity contribution in [1.29, 1.82) is 0 Å². The Morgan fingerprint density at radius 3 is 2.52 bits per heavy atom. The van der Waals surface area contributed by atoms with Gasteiger partial charge in [0.2, 0.25) is 0 Å². The molecule has 1 atom stereocenters. The minimum absolute atomic E-state index is 0.0442. The van der Waals surface area contributed by atoms with Gasteiger partial charge in [-0.15, -0.1) is 0 Å². The Hall–Kier alpha value is -1.09. The normalized spacial score (nSPS) is 12.4. The summed E-state index contributed by atoms with van der Waals surface area (Å²) in [7, 11) is 1.61. The summed E-state index contributed by atoms with van der Waals surface area (Å²) in [5, 5.41) is 3.47. The molecule has 0 aliphatic carbocycles. The highest BCUT2D eigenvalue weighted by molar-refractivity contribution is 5.37. The van der Waals surface area contributed by atoms with Crippen LogP contribution in [-0.4, -0.2) is 13.7 Å². The van der Waals surface area contributed by atoms with Crippen LogP contribution in [0.1, 0.15) is 70.4 Å². The first-order valence-electron chi connectivity index (χ1n) is 8.30. The van der Waals surface area contributed by atoms with E-state index in [-0.39, 0.29) is 11.9 Å². The average molecular weight is 295 g/mol. The molecule has 0 aliphatic heterocycles. The quantitative estimate of drug-likeness (QED) is 0.564. The van der Waals surface area contributed by atoms with Gasteiger partial charge in [-0.3, -0.25) is 0 Å². The molecule has 1 aromatic carbocycles. The fraction of sp³-hybridized carbons (Fsp3) is 0.667. The number of hydrogen-bond acceptors (Lipinski definition) is 2. The molecule has 3 heteroatoms. The maximum Gasteiger partial charge on any atom is 0.131 e. The average Bonchev–Trinajstić information content (AvgIpc) is 2.50. The van der Waals surface area contributed by atoms with Gasteiger partial charge in [0, 0.05) is 11.6 Å². The summed E-state index contributed by atoms with van der Waals surface area (Å²) < 4.78 is 19.6. The number of hydrogen-bond donors (Lipinski definition) is 1. The molecule has 1 unspecified atom stereocenters. The van der Waals surface area contributed by atoms with Crippen LogP contribution in [0.5, 0.6) is 5.75 Å². The predicted molar refractivity (Wildman–Crippen MR) is 87.4 cm³/mol. The zero-order chi connectivity index (χ0) is 15.5. The van der Waals surface area contributed by atoms with E-state index in [9.17, 15) is 4.39 Å². The second-order valence-corrected chi connectivity index (χ2v) is 5.57. The maximum atomic E-state index is 14.2. The van der Waals surface area contributed by atoms with Crippen molar-refractivity contribution in [2.45, 2.75) is 64.8 Å². The highest BCUT2D eigenvalue weighted by Crippen LogP contribution is 2.31. The van der Waals surface area contributed by atoms with Crippen molar-refractivity contribution >= 4 is 0 Å². The Balaban J connectivity index is 2.72. The first-order chi connectivity index (χ1) is 10.2. The minimum Gasteiger partial charge on any atom is -0.496 e. The van der Waals surface area contributed by atoms with E-state index in [1.807, 2.05) is 6.07 Å². The molecule has 1 aromatic rings. The summed E-state index contributed by atoms with van der Waals surface area (Å²) in [5.41, 5.74) is 0.684. The van der Waals surface area contributed by atoms with Crippen molar-refractivity contribution in [1.82, 2.24) is 5.32 Å². The topological polar surface area (TPSA) is 21.3 Å². The van der Waals surface area contributed by atoms with Crippen molar-refractivity contribution in [3.63, 3.8) is 0 Å². The van der Waals surface area contributed by atoms with Crippen LogP contribution in [0.2, 0.25) is 0 Å². The lowest BCUT2D eigenvalue weighted by Crippen LogP contribution is -2.23. The number of methoxy groups -OCH3 is 1. The van der Waals surface area contributed by atoms with Crippen LogP contribution in [0.25, 0.3) is 0 Å². The second kappa shape index (κ2) is 10.6. The minimum atomic E-state index is -0.170. The summed E-state index contributed by atoms with van der Waals surface area (Å²) in [6, 6.07) is 5.12. The van der Waals surface area contributed by atoms with E-state index in [0.29, 0.717) is 11.3 Å². The molecule has 21 heavy (non-hydrogen) atoms. The first-order valence-corrected chi connectivity index (χ1v) is 8.30. The molecule has 0 spiro atoms. The Bertz CT molecular complexity index is 395. The Kier molecular flexibility index (Phi) is 9.07. The molecular formula is C18H30FNO. The van der Waals surface area contributed by atoms with E-state index in [0.717, 1.165) is 25.8 Å². The Morgan fingerprint density at radius 2 is 1.86 bits per heavy atom. The third-order valence-electron chi connectivity index (χ3n) is 3.82. The number of unbranched alkanes of at least 4 members (excludes halogenated alkanes) is 4. The lowest BCUT2D eigenvalue weighted by Gasteiger charge is -2.22. The summed E-state index contributed by atoms with van der Waals surface area (Å²) in [6.45, 7) is 5.25. The van der Waals surface area contributed by atoms with Crippen LogP contribution < -0.4 is 10.1 Å². The zero-order valence-electron chi connectivity index (χ0n) is 13.8. The lowest BCUT2D eigenvalue weighted by molar-refractivity contribution is 0.381. The second-order valence-electron chi connectivity index (χ2n) is 5.57. The first kappa shape index (κ1) is 18.0. The zero-order valence-corrected chi connectivity index (χ0v) is 13.8. The smallest absolute Gasteiger partial charge is 0.131 e. The van der Waals surface area contributed by atoms with Gasteiger partial charge in [0.1, 0.15) is 11.6 Å². The van der Waals surface area contributed by atoms with Gasteiger partial charge in [-0.1, -0.05) is 52.0 Å². The van der Waals surface area contributed by atoms with Crippen molar-refractivity contribution < 1.29 is 9.13 Å². The summed E-state index contributed by atoms with van der Waals surface area (Å²) >= 11 is 0. The molecule has 0 bridgehead atoms. The van der Waals surface area contributed by atoms with E-state index < -0.39 is 0 Å². The van der Waals surface area contributed by atoms with Gasteiger partial charge in [-0.25, -0.2) is 4.39 Å². The number of nitrogens with one attached hydrogen (secondary N) is 1. The molecule has 1 N–H and O–H groups in total. The molecule has 120 valence electrons. The molecule has 0 fully saturated rings. The van der Waals surface area contributed by atoms with Gasteiger partial charge in [0.05, 0.1) is 7.11 Å². The van der Waals surface area contributed by atoms with Gasteiger partial charge in [-0.05, 0) is 31.5 Å². The van der Waals surface area contributed by atoms with Crippen LogP contribution in [0, 0.1) is 5.82 Å². The van der Waals surface area contributed by atoms with Crippen LogP contribution >= 0.6 is 0 Å². The third kappa shape index (κ3) is 6.04.